The summed E-state index contributed by atoms with van der Waals surface area (Å²) in [5.74, 6) is 0.975. The van der Waals surface area contributed by atoms with Crippen LogP contribution in [0.2, 0.25) is 0 Å². The molecule has 1 heterocycles. The first-order chi connectivity index (χ1) is 9.67. The van der Waals surface area contributed by atoms with Gasteiger partial charge in [-0.2, -0.15) is 0 Å². The highest BCUT2D eigenvalue weighted by Gasteiger charge is 2.27. The van der Waals surface area contributed by atoms with Gasteiger partial charge in [0.05, 0.1) is 7.11 Å². The Bertz CT molecular complexity index is 630. The van der Waals surface area contributed by atoms with Crippen LogP contribution in [0.5, 0.6) is 11.5 Å². The van der Waals surface area contributed by atoms with Gasteiger partial charge < -0.3 is 15.2 Å². The van der Waals surface area contributed by atoms with Crippen LogP contribution in [0.25, 0.3) is 0 Å². The lowest BCUT2D eigenvalue weighted by molar-refractivity contribution is 0.160. The zero-order chi connectivity index (χ0) is 14.1. The van der Waals surface area contributed by atoms with Crippen LogP contribution in [0.3, 0.4) is 0 Å². The molecule has 3 nitrogen and oxygen atoms in total. The fourth-order valence-corrected chi connectivity index (χ4v) is 2.52. The minimum atomic E-state index is -0.317. The summed E-state index contributed by atoms with van der Waals surface area (Å²) in [6, 6.07) is 12.0. The number of hydrogen-bond donors (Lipinski definition) is 1. The van der Waals surface area contributed by atoms with E-state index in [9.17, 15) is 4.39 Å². The highest BCUT2D eigenvalue weighted by Crippen LogP contribution is 2.40. The standard InChI is InChI=1S/C16H16FNO2/c1-19-12-4-2-3-10(7-12)15-9-14(18)13-6-5-11(17)8-16(13)20-15/h2-8,14-15H,9,18H2,1H3/t14-,15?/m1/s1. The van der Waals surface area contributed by atoms with Crippen LogP contribution in [0, 0.1) is 5.82 Å². The Morgan fingerprint density at radius 1 is 1.25 bits per heavy atom. The van der Waals surface area contributed by atoms with E-state index in [4.69, 9.17) is 15.2 Å². The Morgan fingerprint density at radius 3 is 2.90 bits per heavy atom. The highest BCUT2D eigenvalue weighted by atomic mass is 19.1. The van der Waals surface area contributed by atoms with Crippen molar-refractivity contribution in [1.29, 1.82) is 0 Å². The van der Waals surface area contributed by atoms with Gasteiger partial charge in [0.1, 0.15) is 23.4 Å². The quantitative estimate of drug-likeness (QED) is 0.912. The molecule has 0 fully saturated rings. The summed E-state index contributed by atoms with van der Waals surface area (Å²) in [4.78, 5) is 0. The third-order valence-corrected chi connectivity index (χ3v) is 3.58. The second-order valence-corrected chi connectivity index (χ2v) is 4.91. The molecule has 104 valence electrons. The van der Waals surface area contributed by atoms with Crippen LogP contribution in [0.4, 0.5) is 4.39 Å². The van der Waals surface area contributed by atoms with E-state index in [1.807, 2.05) is 24.3 Å². The fraction of sp³-hybridized carbons (Fsp3) is 0.250. The number of rotatable bonds is 2. The Hall–Kier alpha value is -2.07. The van der Waals surface area contributed by atoms with Gasteiger partial charge in [-0.3, -0.25) is 0 Å². The van der Waals surface area contributed by atoms with Crippen LogP contribution in [-0.2, 0) is 0 Å². The molecule has 4 heteroatoms. The van der Waals surface area contributed by atoms with Crippen molar-refractivity contribution in [2.75, 3.05) is 7.11 Å². The molecule has 0 aliphatic carbocycles. The van der Waals surface area contributed by atoms with Crippen LogP contribution < -0.4 is 15.2 Å². The average Bonchev–Trinajstić information content (AvgIpc) is 2.46. The normalized spacial score (nSPS) is 20.9. The lowest BCUT2D eigenvalue weighted by Crippen LogP contribution is -2.24. The molecular weight excluding hydrogens is 257 g/mol. The number of nitrogens with two attached hydrogens (primary N) is 1. The predicted octanol–water partition coefficient (Wildman–Crippen LogP) is 3.36. The van der Waals surface area contributed by atoms with E-state index in [0.29, 0.717) is 12.2 Å². The molecular formula is C16H16FNO2. The number of fused-ring (bicyclic) bond motifs is 1. The summed E-state index contributed by atoms with van der Waals surface area (Å²) < 4.78 is 24.4. The fourth-order valence-electron chi connectivity index (χ4n) is 2.52. The van der Waals surface area contributed by atoms with Crippen molar-refractivity contribution < 1.29 is 13.9 Å². The summed E-state index contributed by atoms with van der Waals surface area (Å²) >= 11 is 0. The van der Waals surface area contributed by atoms with Gasteiger partial charge in [0.2, 0.25) is 0 Å². The minimum absolute atomic E-state index is 0.157. The van der Waals surface area contributed by atoms with Crippen molar-refractivity contribution in [3.63, 3.8) is 0 Å². The zero-order valence-electron chi connectivity index (χ0n) is 11.2. The maximum atomic E-state index is 13.3. The molecule has 1 aliphatic heterocycles. The van der Waals surface area contributed by atoms with E-state index in [1.54, 1.807) is 13.2 Å². The molecule has 1 unspecified atom stereocenters. The van der Waals surface area contributed by atoms with Crippen molar-refractivity contribution >= 4 is 0 Å². The first-order valence-electron chi connectivity index (χ1n) is 6.53. The van der Waals surface area contributed by atoms with E-state index >= 15 is 0 Å². The molecule has 0 spiro atoms. The summed E-state index contributed by atoms with van der Waals surface area (Å²) in [5.41, 5.74) is 7.99. The zero-order valence-corrected chi connectivity index (χ0v) is 11.2. The van der Waals surface area contributed by atoms with E-state index < -0.39 is 0 Å². The maximum Gasteiger partial charge on any atom is 0.127 e. The second-order valence-electron chi connectivity index (χ2n) is 4.91. The van der Waals surface area contributed by atoms with Crippen LogP contribution in [0.1, 0.15) is 29.7 Å². The maximum absolute atomic E-state index is 13.3. The van der Waals surface area contributed by atoms with Crippen LogP contribution in [0.15, 0.2) is 42.5 Å². The van der Waals surface area contributed by atoms with Crippen LogP contribution in [-0.4, -0.2) is 7.11 Å². The number of hydrogen-bond acceptors (Lipinski definition) is 3. The largest absolute Gasteiger partial charge is 0.497 e. The van der Waals surface area contributed by atoms with Gasteiger partial charge in [0.25, 0.3) is 0 Å². The summed E-state index contributed by atoms with van der Waals surface area (Å²) in [7, 11) is 1.62. The smallest absolute Gasteiger partial charge is 0.127 e. The predicted molar refractivity (Wildman–Crippen MR) is 74.3 cm³/mol. The molecule has 2 N–H and O–H groups in total. The van der Waals surface area contributed by atoms with Crippen molar-refractivity contribution in [1.82, 2.24) is 0 Å². The van der Waals surface area contributed by atoms with E-state index in [-0.39, 0.29) is 18.0 Å². The minimum Gasteiger partial charge on any atom is -0.497 e. The molecule has 2 atom stereocenters. The van der Waals surface area contributed by atoms with Gasteiger partial charge in [-0.05, 0) is 23.8 Å². The highest BCUT2D eigenvalue weighted by molar-refractivity contribution is 5.40. The van der Waals surface area contributed by atoms with Crippen molar-refractivity contribution in [3.05, 3.63) is 59.4 Å². The van der Waals surface area contributed by atoms with Crippen LogP contribution >= 0.6 is 0 Å². The molecule has 0 saturated carbocycles. The second kappa shape index (κ2) is 5.13. The van der Waals surface area contributed by atoms with Crippen molar-refractivity contribution in [3.8, 4) is 11.5 Å². The SMILES string of the molecule is COc1cccc(C2C[C@@H](N)c3ccc(F)cc3O2)c1. The number of methoxy groups -OCH3 is 1. The Balaban J connectivity index is 1.94. The molecule has 0 radical (unpaired) electrons. The first-order valence-corrected chi connectivity index (χ1v) is 6.53. The number of halogens is 1. The molecule has 0 saturated heterocycles. The Labute approximate surface area is 117 Å². The van der Waals surface area contributed by atoms with Gasteiger partial charge in [0, 0.05) is 24.1 Å². The first kappa shape index (κ1) is 12.9. The summed E-state index contributed by atoms with van der Waals surface area (Å²) in [6.45, 7) is 0. The summed E-state index contributed by atoms with van der Waals surface area (Å²) in [5, 5.41) is 0. The molecule has 20 heavy (non-hydrogen) atoms. The Morgan fingerprint density at radius 2 is 2.10 bits per heavy atom. The van der Waals surface area contributed by atoms with E-state index in [0.717, 1.165) is 16.9 Å². The number of benzene rings is 2. The van der Waals surface area contributed by atoms with Crippen molar-refractivity contribution in [2.24, 2.45) is 5.73 Å². The molecule has 0 amide bonds. The lowest BCUT2D eigenvalue weighted by Gasteiger charge is -2.30. The van der Waals surface area contributed by atoms with Crippen molar-refractivity contribution in [2.45, 2.75) is 18.6 Å². The summed E-state index contributed by atoms with van der Waals surface area (Å²) in [6.07, 6.45) is 0.473. The molecule has 1 aliphatic rings. The number of ether oxygens (including phenoxy) is 2. The topological polar surface area (TPSA) is 44.5 Å². The van der Waals surface area contributed by atoms with Gasteiger partial charge in [-0.25, -0.2) is 4.39 Å². The van der Waals surface area contributed by atoms with E-state index in [2.05, 4.69) is 0 Å². The third kappa shape index (κ3) is 2.34. The molecule has 2 aromatic rings. The van der Waals surface area contributed by atoms with Gasteiger partial charge in [0.15, 0.2) is 0 Å². The average molecular weight is 273 g/mol. The van der Waals surface area contributed by atoms with Gasteiger partial charge in [-0.1, -0.05) is 18.2 Å². The lowest BCUT2D eigenvalue weighted by atomic mass is 9.93. The molecule has 0 bridgehead atoms. The monoisotopic (exact) mass is 273 g/mol. The molecule has 0 aromatic heterocycles. The molecule has 2 aromatic carbocycles. The Kier molecular flexibility index (Phi) is 3.32. The van der Waals surface area contributed by atoms with E-state index in [1.165, 1.54) is 12.1 Å². The molecule has 3 rings (SSSR count). The third-order valence-electron chi connectivity index (χ3n) is 3.58. The van der Waals surface area contributed by atoms with Gasteiger partial charge >= 0.3 is 0 Å². The van der Waals surface area contributed by atoms with Gasteiger partial charge in [-0.15, -0.1) is 0 Å².